The fourth-order valence-corrected chi connectivity index (χ4v) is 4.36. The summed E-state index contributed by atoms with van der Waals surface area (Å²) in [5, 5.41) is 10.9. The molecule has 25 heavy (non-hydrogen) atoms. The summed E-state index contributed by atoms with van der Waals surface area (Å²) in [6, 6.07) is 7.78. The number of carbonyl (C=O) groups excluding carboxylic acids is 1. The molecule has 2 aromatic rings. The van der Waals surface area contributed by atoms with Crippen LogP contribution < -0.4 is 4.74 Å². The molecule has 1 N–H and O–H groups in total. The number of hydrogen-bond donors (Lipinski definition) is 1. The summed E-state index contributed by atoms with van der Waals surface area (Å²) in [6.07, 6.45) is 0.881. The molecule has 0 radical (unpaired) electrons. The van der Waals surface area contributed by atoms with Crippen LogP contribution in [0.1, 0.15) is 22.7 Å². The van der Waals surface area contributed by atoms with Gasteiger partial charge in [-0.15, -0.1) is 0 Å². The summed E-state index contributed by atoms with van der Waals surface area (Å²) in [6.45, 7) is 0.497. The number of ether oxygens (including phenoxy) is 2. The molecule has 1 aliphatic heterocycles. The van der Waals surface area contributed by atoms with Crippen molar-refractivity contribution in [2.75, 3.05) is 20.8 Å². The maximum absolute atomic E-state index is 12.3. The Hall–Kier alpha value is -2.40. The minimum absolute atomic E-state index is 0.0418. The Bertz CT molecular complexity index is 880. The van der Waals surface area contributed by atoms with Crippen molar-refractivity contribution in [2.24, 2.45) is 0 Å². The van der Waals surface area contributed by atoms with Crippen LogP contribution in [0.3, 0.4) is 0 Å². The molecule has 1 amide bonds. The molecule has 1 heterocycles. The van der Waals surface area contributed by atoms with Gasteiger partial charge in [0.05, 0.1) is 25.3 Å². The first-order valence-corrected chi connectivity index (χ1v) is 8.50. The van der Waals surface area contributed by atoms with E-state index in [4.69, 9.17) is 21.1 Å². The lowest BCUT2D eigenvalue weighted by Gasteiger charge is -2.41. The van der Waals surface area contributed by atoms with Gasteiger partial charge in [-0.2, -0.15) is 0 Å². The summed E-state index contributed by atoms with van der Waals surface area (Å²) in [7, 11) is 2.90. The smallest absolute Gasteiger partial charge is 0.410 e. The van der Waals surface area contributed by atoms with Gasteiger partial charge in [-0.3, -0.25) is 0 Å². The van der Waals surface area contributed by atoms with Crippen molar-refractivity contribution in [1.82, 2.24) is 4.90 Å². The summed E-state index contributed by atoms with van der Waals surface area (Å²) in [5.74, 6) is 0.313. The van der Waals surface area contributed by atoms with Gasteiger partial charge in [0.25, 0.3) is 0 Å². The molecular weight excluding hydrogens is 342 g/mol. The summed E-state index contributed by atoms with van der Waals surface area (Å²) in [5.41, 5.74) is 4.76. The maximum atomic E-state index is 12.3. The predicted molar refractivity (Wildman–Crippen MR) is 94.4 cm³/mol. The van der Waals surface area contributed by atoms with E-state index in [1.165, 1.54) is 14.2 Å². The van der Waals surface area contributed by atoms with Gasteiger partial charge in [-0.25, -0.2) is 4.79 Å². The van der Waals surface area contributed by atoms with Crippen LogP contribution in [0, 0.1) is 0 Å². The zero-order chi connectivity index (χ0) is 17.7. The number of benzene rings is 2. The quantitative estimate of drug-likeness (QED) is 0.837. The molecule has 0 bridgehead atoms. The van der Waals surface area contributed by atoms with Crippen LogP contribution in [-0.4, -0.2) is 36.9 Å². The fraction of sp³-hybridized carbons (Fsp3) is 0.316. The minimum Gasteiger partial charge on any atom is -0.503 e. The van der Waals surface area contributed by atoms with Gasteiger partial charge in [-0.05, 0) is 35.1 Å². The number of nitrogens with zero attached hydrogens (tertiary/aromatic N) is 1. The van der Waals surface area contributed by atoms with Gasteiger partial charge in [0.1, 0.15) is 0 Å². The zero-order valence-corrected chi connectivity index (χ0v) is 14.8. The monoisotopic (exact) mass is 359 g/mol. The lowest BCUT2D eigenvalue weighted by molar-refractivity contribution is 0.100. The number of methoxy groups -OCH3 is 2. The van der Waals surface area contributed by atoms with E-state index in [-0.39, 0.29) is 17.9 Å². The first-order valence-electron chi connectivity index (χ1n) is 8.12. The van der Waals surface area contributed by atoms with Gasteiger partial charge in [0.2, 0.25) is 0 Å². The van der Waals surface area contributed by atoms with Crippen LogP contribution >= 0.6 is 11.6 Å². The third-order valence-corrected chi connectivity index (χ3v) is 5.54. The third-order valence-electron chi connectivity index (χ3n) is 5.13. The Labute approximate surface area is 150 Å². The van der Waals surface area contributed by atoms with E-state index < -0.39 is 0 Å². The molecular formula is C19H18ClNO4. The number of fused-ring (bicyclic) bond motifs is 2. The molecule has 2 aliphatic rings. The van der Waals surface area contributed by atoms with E-state index in [2.05, 4.69) is 0 Å². The number of amides is 1. The Kier molecular flexibility index (Phi) is 3.76. The molecule has 0 spiro atoms. The molecule has 1 aliphatic carbocycles. The first-order chi connectivity index (χ1) is 12.1. The Morgan fingerprint density at radius 3 is 2.80 bits per heavy atom. The Balaban J connectivity index is 2.06. The van der Waals surface area contributed by atoms with Crippen LogP contribution in [0.4, 0.5) is 4.79 Å². The molecule has 2 aromatic carbocycles. The highest BCUT2D eigenvalue weighted by Crippen LogP contribution is 2.55. The van der Waals surface area contributed by atoms with Gasteiger partial charge < -0.3 is 19.5 Å². The standard InChI is InChI=1S/C19H18ClNO4/c1-24-18-15-11-6-4-3-5-10(11)9-13-14(15)12(16(20)17(18)22)7-8-21(13)19(23)25-2/h3-6,13,22H,7-9H2,1-2H3/t13-/m1/s1. The fourth-order valence-electron chi connectivity index (χ4n) is 4.07. The molecule has 4 rings (SSSR count). The Morgan fingerprint density at radius 2 is 2.08 bits per heavy atom. The highest BCUT2D eigenvalue weighted by molar-refractivity contribution is 6.33. The molecule has 130 valence electrons. The predicted octanol–water partition coefficient (Wildman–Crippen LogP) is 3.94. The molecule has 5 nitrogen and oxygen atoms in total. The number of phenolic OH excluding ortho intramolecular Hbond substituents is 1. The van der Waals surface area contributed by atoms with Crippen LogP contribution in [0.15, 0.2) is 24.3 Å². The van der Waals surface area contributed by atoms with Crippen molar-refractivity contribution >= 4 is 17.7 Å². The number of rotatable bonds is 1. The zero-order valence-electron chi connectivity index (χ0n) is 14.0. The number of aromatic hydroxyl groups is 1. The average Bonchev–Trinajstić information content (AvgIpc) is 2.65. The molecule has 1 atom stereocenters. The summed E-state index contributed by atoms with van der Waals surface area (Å²) in [4.78, 5) is 14.0. The first kappa shape index (κ1) is 16.1. The second-order valence-corrected chi connectivity index (χ2v) is 6.63. The molecule has 0 aromatic heterocycles. The Morgan fingerprint density at radius 1 is 1.32 bits per heavy atom. The molecule has 0 fully saturated rings. The molecule has 0 saturated carbocycles. The van der Waals surface area contributed by atoms with E-state index in [9.17, 15) is 9.90 Å². The van der Waals surface area contributed by atoms with Crippen molar-refractivity contribution < 1.29 is 19.4 Å². The maximum Gasteiger partial charge on any atom is 0.410 e. The molecule has 0 unspecified atom stereocenters. The van der Waals surface area contributed by atoms with Gasteiger partial charge in [0, 0.05) is 12.1 Å². The number of carbonyl (C=O) groups is 1. The van der Waals surface area contributed by atoms with Gasteiger partial charge in [-0.1, -0.05) is 35.9 Å². The number of halogens is 1. The van der Waals surface area contributed by atoms with E-state index in [0.717, 1.165) is 27.8 Å². The average molecular weight is 360 g/mol. The van der Waals surface area contributed by atoms with E-state index in [1.54, 1.807) is 4.90 Å². The van der Waals surface area contributed by atoms with Gasteiger partial charge >= 0.3 is 6.09 Å². The lowest BCUT2D eigenvalue weighted by Crippen LogP contribution is -2.42. The number of hydrogen-bond acceptors (Lipinski definition) is 4. The largest absolute Gasteiger partial charge is 0.503 e. The van der Waals surface area contributed by atoms with Crippen LogP contribution in [-0.2, 0) is 17.6 Å². The van der Waals surface area contributed by atoms with Crippen LogP contribution in [0.25, 0.3) is 11.1 Å². The minimum atomic E-state index is -0.357. The topological polar surface area (TPSA) is 59.0 Å². The van der Waals surface area contributed by atoms with Crippen molar-refractivity contribution in [3.8, 4) is 22.6 Å². The van der Waals surface area contributed by atoms with Crippen molar-refractivity contribution in [3.05, 3.63) is 46.0 Å². The SMILES string of the molecule is COC(=O)N1CCc2c(Cl)c(O)c(OC)c3c2[C@H]1Cc1ccccc1-3. The molecule has 0 saturated heterocycles. The summed E-state index contributed by atoms with van der Waals surface area (Å²) < 4.78 is 10.5. The van der Waals surface area contributed by atoms with Crippen molar-refractivity contribution in [1.29, 1.82) is 0 Å². The normalized spacial score (nSPS) is 17.6. The highest BCUT2D eigenvalue weighted by Gasteiger charge is 2.40. The second kappa shape index (κ2) is 5.85. The van der Waals surface area contributed by atoms with E-state index >= 15 is 0 Å². The molecule has 6 heteroatoms. The number of phenols is 1. The highest BCUT2D eigenvalue weighted by atomic mass is 35.5. The van der Waals surface area contributed by atoms with Crippen molar-refractivity contribution in [3.63, 3.8) is 0 Å². The van der Waals surface area contributed by atoms with E-state index in [0.29, 0.717) is 30.2 Å². The summed E-state index contributed by atoms with van der Waals surface area (Å²) >= 11 is 6.44. The van der Waals surface area contributed by atoms with Crippen LogP contribution in [0.2, 0.25) is 5.02 Å². The van der Waals surface area contributed by atoms with E-state index in [1.807, 2.05) is 24.3 Å². The van der Waals surface area contributed by atoms with Crippen molar-refractivity contribution in [2.45, 2.75) is 18.9 Å². The second-order valence-electron chi connectivity index (χ2n) is 6.25. The van der Waals surface area contributed by atoms with Gasteiger partial charge in [0.15, 0.2) is 11.5 Å². The van der Waals surface area contributed by atoms with Crippen LogP contribution in [0.5, 0.6) is 11.5 Å². The lowest BCUT2D eigenvalue weighted by atomic mass is 9.76. The third kappa shape index (κ3) is 2.19.